The highest BCUT2D eigenvalue weighted by Gasteiger charge is 2.49. The Kier molecular flexibility index (Phi) is 2.46. The van der Waals surface area contributed by atoms with E-state index in [2.05, 4.69) is 5.32 Å². The Morgan fingerprint density at radius 2 is 1.56 bits per heavy atom. The van der Waals surface area contributed by atoms with Gasteiger partial charge in [0.25, 0.3) is 0 Å². The summed E-state index contributed by atoms with van der Waals surface area (Å²) in [6.07, 6.45) is 2.53. The molecule has 0 spiro atoms. The monoisotopic (exact) mass is 250 g/mol. The first-order valence-electron chi connectivity index (χ1n) is 6.28. The van der Waals surface area contributed by atoms with Gasteiger partial charge in [-0.15, -0.1) is 0 Å². The molecule has 1 saturated carbocycles. The second-order valence-corrected chi connectivity index (χ2v) is 5.22. The molecule has 3 aliphatic rings. The molecule has 0 aromatic heterocycles. The van der Waals surface area contributed by atoms with Crippen LogP contribution in [0.5, 0.6) is 0 Å². The summed E-state index contributed by atoms with van der Waals surface area (Å²) in [6.45, 7) is 0. The molecule has 6 nitrogen and oxygen atoms in total. The summed E-state index contributed by atoms with van der Waals surface area (Å²) in [4.78, 5) is 48.3. The number of piperidine rings is 2. The average Bonchev–Trinajstić information content (AvgIpc) is 2.76. The van der Waals surface area contributed by atoms with Gasteiger partial charge in [-0.05, 0) is 25.7 Å². The lowest BCUT2D eigenvalue weighted by atomic mass is 9.93. The van der Waals surface area contributed by atoms with E-state index in [4.69, 9.17) is 0 Å². The zero-order valence-corrected chi connectivity index (χ0v) is 9.85. The Hall–Kier alpha value is -1.72. The number of rotatable bonds is 1. The van der Waals surface area contributed by atoms with Crippen LogP contribution in [0, 0.1) is 11.8 Å². The molecule has 0 radical (unpaired) electrons. The second-order valence-electron chi connectivity index (χ2n) is 5.22. The Morgan fingerprint density at radius 3 is 2.11 bits per heavy atom. The number of amides is 4. The molecule has 3 atom stereocenters. The van der Waals surface area contributed by atoms with E-state index >= 15 is 0 Å². The Labute approximate surface area is 104 Å². The minimum Gasteiger partial charge on any atom is -0.295 e. The number of carbonyl (C=O) groups excluding carboxylic acids is 4. The van der Waals surface area contributed by atoms with Crippen LogP contribution in [0.25, 0.3) is 0 Å². The molecule has 96 valence electrons. The number of fused-ring (bicyclic) bond motifs is 2. The van der Waals surface area contributed by atoms with Gasteiger partial charge in [-0.25, -0.2) is 0 Å². The fourth-order valence-corrected chi connectivity index (χ4v) is 3.17. The molecule has 2 aliphatic heterocycles. The van der Waals surface area contributed by atoms with Gasteiger partial charge in [0.1, 0.15) is 6.04 Å². The van der Waals surface area contributed by atoms with E-state index in [1.807, 2.05) is 0 Å². The molecule has 0 aromatic carbocycles. The van der Waals surface area contributed by atoms with Crippen LogP contribution in [0.3, 0.4) is 0 Å². The molecule has 3 fully saturated rings. The highest BCUT2D eigenvalue weighted by molar-refractivity contribution is 6.08. The summed E-state index contributed by atoms with van der Waals surface area (Å²) in [5.74, 6) is -1.55. The molecular weight excluding hydrogens is 236 g/mol. The molecule has 4 amide bonds. The first kappa shape index (κ1) is 11.4. The van der Waals surface area contributed by atoms with Crippen molar-refractivity contribution in [1.29, 1.82) is 0 Å². The van der Waals surface area contributed by atoms with E-state index in [0.717, 1.165) is 17.7 Å². The topological polar surface area (TPSA) is 83.6 Å². The third-order valence-corrected chi connectivity index (χ3v) is 4.13. The lowest BCUT2D eigenvalue weighted by Gasteiger charge is -2.36. The van der Waals surface area contributed by atoms with Crippen molar-refractivity contribution in [1.82, 2.24) is 10.2 Å². The van der Waals surface area contributed by atoms with Gasteiger partial charge in [-0.3, -0.25) is 29.4 Å². The second kappa shape index (κ2) is 3.90. The summed E-state index contributed by atoms with van der Waals surface area (Å²) < 4.78 is 0. The standard InChI is InChI=1S/C12H14N2O4/c15-9-4-3-8(10(16)13-9)14-11(17)6-1-2-7(5-6)12(14)18/h6-8H,1-5H2,(H,13,15,16). The minimum absolute atomic E-state index is 0.113. The van der Waals surface area contributed by atoms with Crippen LogP contribution in [-0.2, 0) is 19.2 Å². The van der Waals surface area contributed by atoms with Gasteiger partial charge in [-0.1, -0.05) is 0 Å². The van der Waals surface area contributed by atoms with Crippen LogP contribution < -0.4 is 5.32 Å². The molecule has 3 unspecified atom stereocenters. The van der Waals surface area contributed by atoms with Gasteiger partial charge in [0.05, 0.1) is 0 Å². The first-order chi connectivity index (χ1) is 8.58. The molecule has 1 aliphatic carbocycles. The number of nitrogens with zero attached hydrogens (tertiary/aromatic N) is 1. The van der Waals surface area contributed by atoms with Crippen LogP contribution in [0.1, 0.15) is 32.1 Å². The maximum Gasteiger partial charge on any atom is 0.249 e. The summed E-state index contributed by atoms with van der Waals surface area (Å²) in [5, 5.41) is 2.19. The quantitative estimate of drug-likeness (QED) is 0.640. The highest BCUT2D eigenvalue weighted by atomic mass is 16.2. The Morgan fingerprint density at radius 1 is 0.944 bits per heavy atom. The molecule has 1 N–H and O–H groups in total. The zero-order valence-electron chi connectivity index (χ0n) is 9.85. The summed E-state index contributed by atoms with van der Waals surface area (Å²) in [5.41, 5.74) is 0. The predicted octanol–water partition coefficient (Wildman–Crippen LogP) is -0.423. The third kappa shape index (κ3) is 1.55. The van der Waals surface area contributed by atoms with Crippen molar-refractivity contribution in [2.24, 2.45) is 11.8 Å². The number of hydrogen-bond donors (Lipinski definition) is 1. The van der Waals surface area contributed by atoms with Crippen molar-refractivity contribution >= 4 is 23.6 Å². The van der Waals surface area contributed by atoms with Crippen LogP contribution in [0.4, 0.5) is 0 Å². The van der Waals surface area contributed by atoms with Crippen molar-refractivity contribution in [3.05, 3.63) is 0 Å². The van der Waals surface area contributed by atoms with Gasteiger partial charge >= 0.3 is 0 Å². The summed E-state index contributed by atoms with van der Waals surface area (Å²) >= 11 is 0. The summed E-state index contributed by atoms with van der Waals surface area (Å²) in [7, 11) is 0. The van der Waals surface area contributed by atoms with Gasteiger partial charge in [0.15, 0.2) is 0 Å². The molecular formula is C12H14N2O4. The molecule has 2 heterocycles. The number of hydrogen-bond acceptors (Lipinski definition) is 4. The lowest BCUT2D eigenvalue weighted by molar-refractivity contribution is -0.161. The van der Waals surface area contributed by atoms with E-state index in [-0.39, 0.29) is 42.4 Å². The molecule has 2 bridgehead atoms. The number of imide groups is 2. The lowest BCUT2D eigenvalue weighted by Crippen LogP contribution is -2.59. The maximum absolute atomic E-state index is 12.2. The van der Waals surface area contributed by atoms with E-state index in [1.54, 1.807) is 0 Å². The van der Waals surface area contributed by atoms with Gasteiger partial charge < -0.3 is 0 Å². The van der Waals surface area contributed by atoms with E-state index in [1.165, 1.54) is 0 Å². The zero-order chi connectivity index (χ0) is 12.9. The van der Waals surface area contributed by atoms with Crippen molar-refractivity contribution in [3.8, 4) is 0 Å². The minimum atomic E-state index is -0.786. The van der Waals surface area contributed by atoms with E-state index in [9.17, 15) is 19.2 Å². The van der Waals surface area contributed by atoms with Crippen LogP contribution in [-0.4, -0.2) is 34.6 Å². The maximum atomic E-state index is 12.2. The van der Waals surface area contributed by atoms with Crippen molar-refractivity contribution in [2.75, 3.05) is 0 Å². The van der Waals surface area contributed by atoms with Crippen molar-refractivity contribution in [3.63, 3.8) is 0 Å². The first-order valence-corrected chi connectivity index (χ1v) is 6.28. The largest absolute Gasteiger partial charge is 0.295 e. The Balaban J connectivity index is 1.87. The molecule has 0 aromatic rings. The number of carbonyl (C=O) groups is 4. The predicted molar refractivity (Wildman–Crippen MR) is 58.9 cm³/mol. The third-order valence-electron chi connectivity index (χ3n) is 4.13. The molecule has 18 heavy (non-hydrogen) atoms. The van der Waals surface area contributed by atoms with E-state index in [0.29, 0.717) is 6.42 Å². The Bertz CT molecular complexity index is 437. The van der Waals surface area contributed by atoms with Crippen LogP contribution in [0.2, 0.25) is 0 Å². The van der Waals surface area contributed by atoms with Gasteiger partial charge in [0, 0.05) is 18.3 Å². The molecule has 6 heteroatoms. The fourth-order valence-electron chi connectivity index (χ4n) is 3.17. The highest BCUT2D eigenvalue weighted by Crippen LogP contribution is 2.39. The SMILES string of the molecule is O=C1CCC(N2C(=O)C3CCC(C3)C2=O)C(=O)N1. The van der Waals surface area contributed by atoms with E-state index < -0.39 is 11.9 Å². The smallest absolute Gasteiger partial charge is 0.249 e. The van der Waals surface area contributed by atoms with Crippen LogP contribution in [0.15, 0.2) is 0 Å². The fraction of sp³-hybridized carbons (Fsp3) is 0.667. The van der Waals surface area contributed by atoms with Crippen molar-refractivity contribution < 1.29 is 19.2 Å². The molecule has 3 rings (SSSR count). The van der Waals surface area contributed by atoms with Gasteiger partial charge in [-0.2, -0.15) is 0 Å². The van der Waals surface area contributed by atoms with Crippen LogP contribution >= 0.6 is 0 Å². The van der Waals surface area contributed by atoms with Crippen molar-refractivity contribution in [2.45, 2.75) is 38.1 Å². The normalized spacial score (nSPS) is 36.0. The summed E-state index contributed by atoms with van der Waals surface area (Å²) in [6, 6.07) is -0.786. The average molecular weight is 250 g/mol. The number of likely N-dealkylation sites (tertiary alicyclic amines) is 1. The number of nitrogens with one attached hydrogen (secondary N) is 1. The van der Waals surface area contributed by atoms with Gasteiger partial charge in [0.2, 0.25) is 23.6 Å². The molecule has 2 saturated heterocycles.